The molecule has 1 unspecified atom stereocenters. The van der Waals surface area contributed by atoms with Gasteiger partial charge in [-0.05, 0) is 68.3 Å². The summed E-state index contributed by atoms with van der Waals surface area (Å²) in [7, 11) is 0. The zero-order valence-corrected chi connectivity index (χ0v) is 18.6. The number of anilines is 1. The molecule has 6 heteroatoms. The van der Waals surface area contributed by atoms with Gasteiger partial charge in [0.1, 0.15) is 6.33 Å². The first-order valence-electron chi connectivity index (χ1n) is 11.3. The summed E-state index contributed by atoms with van der Waals surface area (Å²) in [5.74, 6) is -0.271. The molecule has 2 heterocycles. The number of amides is 2. The van der Waals surface area contributed by atoms with Gasteiger partial charge in [0.2, 0.25) is 5.91 Å². The average molecular weight is 439 g/mol. The Labute approximate surface area is 192 Å². The molecule has 1 atom stereocenters. The lowest BCUT2D eigenvalue weighted by Gasteiger charge is -2.32. The Morgan fingerprint density at radius 3 is 2.52 bits per heavy atom. The quantitative estimate of drug-likeness (QED) is 0.497. The van der Waals surface area contributed by atoms with Gasteiger partial charge >= 0.3 is 0 Å². The van der Waals surface area contributed by atoms with Crippen LogP contribution in [0.2, 0.25) is 0 Å². The van der Waals surface area contributed by atoms with E-state index >= 15 is 0 Å². The van der Waals surface area contributed by atoms with Gasteiger partial charge < -0.3 is 10.2 Å². The zero-order valence-electron chi connectivity index (χ0n) is 18.6. The van der Waals surface area contributed by atoms with Crippen LogP contribution in [0.3, 0.4) is 0 Å². The normalized spacial score (nSPS) is 16.0. The van der Waals surface area contributed by atoms with Gasteiger partial charge in [-0.3, -0.25) is 14.2 Å². The largest absolute Gasteiger partial charge is 0.338 e. The third kappa shape index (κ3) is 4.37. The lowest BCUT2D eigenvalue weighted by Crippen LogP contribution is -2.43. The standard InChI is InChI=1S/C27H26N4O2/c1-19-8-10-20(11-9-19)27(33)30-16-4-5-21(17-30)26(32)29-22-12-14-23(15-13-22)31-18-28-24-6-2-3-7-25(24)31/h2-3,6-15,18,21H,4-5,16-17H2,1H3,(H,29,32). The predicted molar refractivity (Wildman–Crippen MR) is 130 cm³/mol. The van der Waals surface area contributed by atoms with E-state index in [-0.39, 0.29) is 17.7 Å². The number of nitrogens with zero attached hydrogens (tertiary/aromatic N) is 3. The van der Waals surface area contributed by atoms with Gasteiger partial charge in [-0.25, -0.2) is 4.98 Å². The smallest absolute Gasteiger partial charge is 0.253 e. The number of carbonyl (C=O) groups is 2. The van der Waals surface area contributed by atoms with Crippen molar-refractivity contribution < 1.29 is 9.59 Å². The van der Waals surface area contributed by atoms with Crippen LogP contribution in [0.4, 0.5) is 5.69 Å². The number of rotatable bonds is 4. The molecule has 1 N–H and O–H groups in total. The lowest BCUT2D eigenvalue weighted by molar-refractivity contribution is -0.121. The molecule has 1 aromatic heterocycles. The molecule has 0 aliphatic carbocycles. The number of para-hydroxylation sites is 2. The van der Waals surface area contributed by atoms with Crippen molar-refractivity contribution in [3.05, 3.63) is 90.3 Å². The number of carbonyl (C=O) groups excluding carboxylic acids is 2. The van der Waals surface area contributed by atoms with Crippen LogP contribution < -0.4 is 5.32 Å². The molecule has 0 saturated carbocycles. The lowest BCUT2D eigenvalue weighted by atomic mass is 9.96. The molecule has 2 amide bonds. The van der Waals surface area contributed by atoms with Crippen LogP contribution in [0.25, 0.3) is 16.7 Å². The number of aromatic nitrogens is 2. The van der Waals surface area contributed by atoms with Crippen molar-refractivity contribution >= 4 is 28.5 Å². The molecular weight excluding hydrogens is 412 g/mol. The Bertz CT molecular complexity index is 1290. The highest BCUT2D eigenvalue weighted by atomic mass is 16.2. The zero-order chi connectivity index (χ0) is 22.8. The molecule has 0 bridgehead atoms. The van der Waals surface area contributed by atoms with Crippen LogP contribution in [0, 0.1) is 12.8 Å². The molecule has 1 aliphatic rings. The minimum Gasteiger partial charge on any atom is -0.338 e. The van der Waals surface area contributed by atoms with Crippen molar-refractivity contribution in [2.75, 3.05) is 18.4 Å². The number of fused-ring (bicyclic) bond motifs is 1. The molecule has 0 spiro atoms. The number of benzene rings is 3. The van der Waals surface area contributed by atoms with E-state index in [0.29, 0.717) is 18.7 Å². The molecule has 33 heavy (non-hydrogen) atoms. The molecule has 3 aromatic carbocycles. The number of piperidine rings is 1. The summed E-state index contributed by atoms with van der Waals surface area (Å²) in [5.41, 5.74) is 5.50. The second-order valence-corrected chi connectivity index (χ2v) is 8.60. The SMILES string of the molecule is Cc1ccc(C(=O)N2CCCC(C(=O)Nc3ccc(-n4cnc5ccccc54)cc3)C2)cc1. The van der Waals surface area contributed by atoms with E-state index in [1.165, 1.54) is 0 Å². The van der Waals surface area contributed by atoms with Gasteiger partial charge in [0.05, 0.1) is 17.0 Å². The van der Waals surface area contributed by atoms with E-state index in [2.05, 4.69) is 10.3 Å². The van der Waals surface area contributed by atoms with Crippen molar-refractivity contribution in [2.45, 2.75) is 19.8 Å². The first-order valence-corrected chi connectivity index (χ1v) is 11.3. The Balaban J connectivity index is 1.24. The van der Waals surface area contributed by atoms with Crippen molar-refractivity contribution in [3.8, 4) is 5.69 Å². The summed E-state index contributed by atoms with van der Waals surface area (Å²) in [4.78, 5) is 32.0. The molecule has 4 aromatic rings. The third-order valence-electron chi connectivity index (χ3n) is 6.24. The third-order valence-corrected chi connectivity index (χ3v) is 6.24. The topological polar surface area (TPSA) is 67.2 Å². The first-order chi connectivity index (χ1) is 16.1. The van der Waals surface area contributed by atoms with Crippen LogP contribution in [0.15, 0.2) is 79.1 Å². The maximum absolute atomic E-state index is 12.9. The highest BCUT2D eigenvalue weighted by Crippen LogP contribution is 2.23. The van der Waals surface area contributed by atoms with Crippen molar-refractivity contribution in [1.82, 2.24) is 14.5 Å². The minimum absolute atomic E-state index is 0.00980. The highest BCUT2D eigenvalue weighted by Gasteiger charge is 2.29. The van der Waals surface area contributed by atoms with E-state index in [9.17, 15) is 9.59 Å². The van der Waals surface area contributed by atoms with Crippen molar-refractivity contribution in [1.29, 1.82) is 0 Å². The number of aryl methyl sites for hydroxylation is 1. The maximum atomic E-state index is 12.9. The summed E-state index contributed by atoms with van der Waals surface area (Å²) in [5, 5.41) is 3.03. The highest BCUT2D eigenvalue weighted by molar-refractivity contribution is 5.96. The van der Waals surface area contributed by atoms with Gasteiger partial charge in [-0.1, -0.05) is 29.8 Å². The van der Waals surface area contributed by atoms with Crippen LogP contribution >= 0.6 is 0 Å². The molecule has 1 aliphatic heterocycles. The Hall–Kier alpha value is -3.93. The predicted octanol–water partition coefficient (Wildman–Crippen LogP) is 4.82. The van der Waals surface area contributed by atoms with Gasteiger partial charge in [0.25, 0.3) is 5.91 Å². The summed E-state index contributed by atoms with van der Waals surface area (Å²) >= 11 is 0. The Morgan fingerprint density at radius 1 is 0.970 bits per heavy atom. The van der Waals surface area contributed by atoms with E-state index in [1.54, 1.807) is 11.2 Å². The fraction of sp³-hybridized carbons (Fsp3) is 0.222. The molecule has 1 fully saturated rings. The van der Waals surface area contributed by atoms with Crippen LogP contribution in [-0.4, -0.2) is 39.4 Å². The molecule has 1 saturated heterocycles. The van der Waals surface area contributed by atoms with Gasteiger partial charge in [0, 0.05) is 30.0 Å². The van der Waals surface area contributed by atoms with Crippen LogP contribution in [0.1, 0.15) is 28.8 Å². The second-order valence-electron chi connectivity index (χ2n) is 8.60. The Morgan fingerprint density at radius 2 is 1.73 bits per heavy atom. The molecule has 6 nitrogen and oxygen atoms in total. The fourth-order valence-corrected chi connectivity index (χ4v) is 4.37. The second kappa shape index (κ2) is 8.90. The van der Waals surface area contributed by atoms with E-state index in [0.717, 1.165) is 40.8 Å². The number of likely N-dealkylation sites (tertiary alicyclic amines) is 1. The monoisotopic (exact) mass is 438 g/mol. The van der Waals surface area contributed by atoms with Crippen LogP contribution in [-0.2, 0) is 4.79 Å². The summed E-state index contributed by atoms with van der Waals surface area (Å²) < 4.78 is 2.02. The minimum atomic E-state index is -0.217. The molecule has 5 rings (SSSR count). The summed E-state index contributed by atoms with van der Waals surface area (Å²) in [6.07, 6.45) is 3.41. The van der Waals surface area contributed by atoms with Crippen molar-refractivity contribution in [2.24, 2.45) is 5.92 Å². The van der Waals surface area contributed by atoms with Gasteiger partial charge in [-0.2, -0.15) is 0 Å². The Kier molecular flexibility index (Phi) is 5.65. The van der Waals surface area contributed by atoms with E-state index < -0.39 is 0 Å². The van der Waals surface area contributed by atoms with E-state index in [4.69, 9.17) is 0 Å². The van der Waals surface area contributed by atoms with Gasteiger partial charge in [0.15, 0.2) is 0 Å². The number of nitrogens with one attached hydrogen (secondary N) is 1. The summed E-state index contributed by atoms with van der Waals surface area (Å²) in [6, 6.07) is 23.3. The maximum Gasteiger partial charge on any atom is 0.253 e. The first kappa shape index (κ1) is 20.9. The summed E-state index contributed by atoms with van der Waals surface area (Å²) in [6.45, 7) is 3.13. The number of hydrogen-bond donors (Lipinski definition) is 1. The average Bonchev–Trinajstić information content (AvgIpc) is 3.29. The number of hydrogen-bond acceptors (Lipinski definition) is 3. The molecule has 166 valence electrons. The number of imidazole rings is 1. The van der Waals surface area contributed by atoms with E-state index in [1.807, 2.05) is 84.3 Å². The van der Waals surface area contributed by atoms with Gasteiger partial charge in [-0.15, -0.1) is 0 Å². The van der Waals surface area contributed by atoms with Crippen molar-refractivity contribution in [3.63, 3.8) is 0 Å². The fourth-order valence-electron chi connectivity index (χ4n) is 4.37. The van der Waals surface area contributed by atoms with Crippen LogP contribution in [0.5, 0.6) is 0 Å². The molecular formula is C27H26N4O2. The molecule has 0 radical (unpaired) electrons.